The minimum absolute atomic E-state index is 0.0326. The van der Waals surface area contributed by atoms with Crippen LogP contribution in [0.15, 0.2) is 42.5 Å². The van der Waals surface area contributed by atoms with Gasteiger partial charge in [0.2, 0.25) is 10.0 Å². The van der Waals surface area contributed by atoms with Gasteiger partial charge in [0.1, 0.15) is 18.0 Å². The van der Waals surface area contributed by atoms with Crippen LogP contribution in [-0.2, 0) is 25.2 Å². The molecule has 0 aliphatic carbocycles. The SMILES string of the molecule is COC1CN(C(=O)c2c(C)cccc2C)CC1Oc1cccc(CS(=O)(=O)N(C)C2CCOCC2)c1. The molecule has 2 unspecified atom stereocenters. The Morgan fingerprint density at radius 1 is 1.06 bits per heavy atom. The fraction of sp³-hybridized carbons (Fsp3) is 0.519. The summed E-state index contributed by atoms with van der Waals surface area (Å²) in [5.41, 5.74) is 3.26. The van der Waals surface area contributed by atoms with Crippen LogP contribution >= 0.6 is 0 Å². The molecule has 2 aromatic carbocycles. The van der Waals surface area contributed by atoms with Gasteiger partial charge in [0.15, 0.2) is 0 Å². The topological polar surface area (TPSA) is 85.4 Å². The molecule has 1 amide bonds. The maximum atomic E-state index is 13.3. The lowest BCUT2D eigenvalue weighted by Gasteiger charge is -2.30. The number of amides is 1. The molecule has 2 saturated heterocycles. The van der Waals surface area contributed by atoms with Crippen LogP contribution in [0.1, 0.15) is 39.9 Å². The van der Waals surface area contributed by atoms with Crippen LogP contribution in [0, 0.1) is 13.8 Å². The highest BCUT2D eigenvalue weighted by Gasteiger charge is 2.38. The molecule has 0 spiro atoms. The van der Waals surface area contributed by atoms with Crippen LogP contribution in [-0.4, -0.2) is 82.2 Å². The van der Waals surface area contributed by atoms with E-state index < -0.39 is 10.0 Å². The van der Waals surface area contributed by atoms with Gasteiger partial charge in [0.05, 0.1) is 18.8 Å². The zero-order chi connectivity index (χ0) is 25.9. The van der Waals surface area contributed by atoms with E-state index in [9.17, 15) is 13.2 Å². The predicted molar refractivity (Wildman–Crippen MR) is 138 cm³/mol. The standard InChI is InChI=1S/C27H36N2O6S/c1-19-7-5-8-20(2)26(19)27(30)29-16-24(33-4)25(17-29)35-23-10-6-9-21(15-23)18-36(31,32)28(3)22-11-13-34-14-12-22/h5-10,15,22,24-25H,11-14,16-18H2,1-4H3. The summed E-state index contributed by atoms with van der Waals surface area (Å²) in [6, 6.07) is 13.0. The van der Waals surface area contributed by atoms with Crippen molar-refractivity contribution >= 4 is 15.9 Å². The quantitative estimate of drug-likeness (QED) is 0.536. The van der Waals surface area contributed by atoms with Crippen LogP contribution < -0.4 is 4.74 Å². The Morgan fingerprint density at radius 2 is 1.69 bits per heavy atom. The van der Waals surface area contributed by atoms with Gasteiger partial charge in [-0.2, -0.15) is 0 Å². The Hall–Kier alpha value is -2.46. The fourth-order valence-corrected chi connectivity index (χ4v) is 6.50. The van der Waals surface area contributed by atoms with Crippen molar-refractivity contribution < 1.29 is 27.4 Å². The molecule has 0 radical (unpaired) electrons. The first-order valence-electron chi connectivity index (χ1n) is 12.4. The number of sulfonamides is 1. The number of ether oxygens (including phenoxy) is 3. The van der Waals surface area contributed by atoms with Gasteiger partial charge < -0.3 is 19.1 Å². The van der Waals surface area contributed by atoms with Gasteiger partial charge in [-0.3, -0.25) is 4.79 Å². The Morgan fingerprint density at radius 3 is 2.36 bits per heavy atom. The van der Waals surface area contributed by atoms with Gasteiger partial charge in [-0.1, -0.05) is 30.3 Å². The summed E-state index contributed by atoms with van der Waals surface area (Å²) in [5.74, 6) is 0.424. The first-order chi connectivity index (χ1) is 17.2. The predicted octanol–water partition coefficient (Wildman–Crippen LogP) is 3.16. The summed E-state index contributed by atoms with van der Waals surface area (Å²) in [6.45, 7) is 5.86. The van der Waals surface area contributed by atoms with Gasteiger partial charge >= 0.3 is 0 Å². The van der Waals surface area contributed by atoms with Crippen molar-refractivity contribution in [3.05, 3.63) is 64.7 Å². The average molecular weight is 517 g/mol. The normalized spacial score (nSPS) is 21.2. The Kier molecular flexibility index (Phi) is 8.34. The number of nitrogens with zero attached hydrogens (tertiary/aromatic N) is 2. The molecule has 2 fully saturated rings. The van der Waals surface area contributed by atoms with Crippen LogP contribution in [0.5, 0.6) is 5.75 Å². The summed E-state index contributed by atoms with van der Waals surface area (Å²) in [4.78, 5) is 15.1. The van der Waals surface area contributed by atoms with Crippen LogP contribution in [0.25, 0.3) is 0 Å². The van der Waals surface area contributed by atoms with Gasteiger partial charge in [0.25, 0.3) is 5.91 Å². The number of aryl methyl sites for hydroxylation is 2. The lowest BCUT2D eigenvalue weighted by Crippen LogP contribution is -2.41. The molecule has 2 heterocycles. The smallest absolute Gasteiger partial charge is 0.254 e. The minimum Gasteiger partial charge on any atom is -0.486 e. The average Bonchev–Trinajstić information content (AvgIpc) is 3.26. The number of hydrogen-bond acceptors (Lipinski definition) is 6. The summed E-state index contributed by atoms with van der Waals surface area (Å²) >= 11 is 0. The third-order valence-corrected chi connectivity index (χ3v) is 9.05. The fourth-order valence-electron chi connectivity index (χ4n) is 5.03. The van der Waals surface area contributed by atoms with Crippen molar-refractivity contribution in [2.24, 2.45) is 0 Å². The van der Waals surface area contributed by atoms with E-state index in [2.05, 4.69) is 0 Å². The molecule has 2 aliphatic heterocycles. The van der Waals surface area contributed by atoms with E-state index in [1.807, 2.05) is 32.0 Å². The molecule has 0 N–H and O–H groups in total. The first-order valence-corrected chi connectivity index (χ1v) is 14.0. The molecular formula is C27H36N2O6S. The second-order valence-electron chi connectivity index (χ2n) is 9.67. The van der Waals surface area contributed by atoms with E-state index in [0.717, 1.165) is 11.1 Å². The Balaban J connectivity index is 1.44. The molecule has 36 heavy (non-hydrogen) atoms. The minimum atomic E-state index is -3.49. The summed E-state index contributed by atoms with van der Waals surface area (Å²) < 4.78 is 44.8. The van der Waals surface area contributed by atoms with E-state index in [4.69, 9.17) is 14.2 Å². The zero-order valence-electron chi connectivity index (χ0n) is 21.5. The van der Waals surface area contributed by atoms with Gasteiger partial charge in [-0.25, -0.2) is 12.7 Å². The van der Waals surface area contributed by atoms with Gasteiger partial charge in [-0.05, 0) is 55.5 Å². The zero-order valence-corrected chi connectivity index (χ0v) is 22.3. The van der Waals surface area contributed by atoms with E-state index in [1.165, 1.54) is 4.31 Å². The van der Waals surface area contributed by atoms with Crippen molar-refractivity contribution in [3.8, 4) is 5.75 Å². The molecule has 196 valence electrons. The van der Waals surface area contributed by atoms with Gasteiger partial charge in [0, 0.05) is 39.0 Å². The number of methoxy groups -OCH3 is 1. The highest BCUT2D eigenvalue weighted by molar-refractivity contribution is 7.88. The number of benzene rings is 2. The molecule has 0 bridgehead atoms. The number of rotatable bonds is 8. The van der Waals surface area contributed by atoms with Crippen LogP contribution in [0.4, 0.5) is 0 Å². The molecule has 9 heteroatoms. The Labute approximate surface area is 214 Å². The van der Waals surface area contributed by atoms with E-state index in [0.29, 0.717) is 56.0 Å². The van der Waals surface area contributed by atoms with Crippen molar-refractivity contribution in [2.45, 2.75) is 50.7 Å². The van der Waals surface area contributed by atoms with Crippen molar-refractivity contribution in [1.82, 2.24) is 9.21 Å². The molecule has 8 nitrogen and oxygen atoms in total. The highest BCUT2D eigenvalue weighted by atomic mass is 32.2. The third-order valence-electron chi connectivity index (χ3n) is 7.18. The monoisotopic (exact) mass is 516 g/mol. The second-order valence-corrected chi connectivity index (χ2v) is 11.7. The number of carbonyl (C=O) groups is 1. The van der Waals surface area contributed by atoms with Crippen LogP contribution in [0.3, 0.4) is 0 Å². The number of likely N-dealkylation sites (tertiary alicyclic amines) is 1. The third kappa shape index (κ3) is 5.91. The molecule has 2 aliphatic rings. The van der Waals surface area contributed by atoms with Crippen LogP contribution in [0.2, 0.25) is 0 Å². The molecule has 2 atom stereocenters. The molecular weight excluding hydrogens is 480 g/mol. The summed E-state index contributed by atoms with van der Waals surface area (Å²) in [5, 5.41) is 0. The Bertz CT molecular complexity index is 1160. The van der Waals surface area contributed by atoms with E-state index in [1.54, 1.807) is 43.3 Å². The molecule has 0 saturated carbocycles. The van der Waals surface area contributed by atoms with Crippen molar-refractivity contribution in [3.63, 3.8) is 0 Å². The second kappa shape index (κ2) is 11.3. The number of carbonyl (C=O) groups excluding carboxylic acids is 1. The lowest BCUT2D eigenvalue weighted by atomic mass is 10.0. The maximum absolute atomic E-state index is 13.3. The van der Waals surface area contributed by atoms with E-state index >= 15 is 0 Å². The largest absolute Gasteiger partial charge is 0.486 e. The summed E-state index contributed by atoms with van der Waals surface area (Å²) in [6.07, 6.45) is 0.761. The van der Waals surface area contributed by atoms with E-state index in [-0.39, 0.29) is 29.9 Å². The molecule has 4 rings (SSSR count). The van der Waals surface area contributed by atoms with Crippen molar-refractivity contribution in [2.75, 3.05) is 40.5 Å². The lowest BCUT2D eigenvalue weighted by molar-refractivity contribution is 0.0339. The maximum Gasteiger partial charge on any atom is 0.254 e. The molecule has 0 aromatic heterocycles. The van der Waals surface area contributed by atoms with Gasteiger partial charge in [-0.15, -0.1) is 0 Å². The number of hydrogen-bond donors (Lipinski definition) is 0. The first kappa shape index (κ1) is 26.6. The molecule has 2 aromatic rings. The van der Waals surface area contributed by atoms with Crippen molar-refractivity contribution in [1.29, 1.82) is 0 Å². The highest BCUT2D eigenvalue weighted by Crippen LogP contribution is 2.26. The summed E-state index contributed by atoms with van der Waals surface area (Å²) in [7, 11) is -0.224.